The summed E-state index contributed by atoms with van der Waals surface area (Å²) < 4.78 is 13.6. The molecule has 2 N–H and O–H groups in total. The highest BCUT2D eigenvalue weighted by Gasteiger charge is 2.31. The quantitative estimate of drug-likeness (QED) is 0.312. The molecule has 184 valence electrons. The monoisotopic (exact) mass is 572 g/mol. The van der Waals surface area contributed by atoms with Crippen LogP contribution in [-0.2, 0) is 4.79 Å². The van der Waals surface area contributed by atoms with Crippen LogP contribution in [0.25, 0.3) is 0 Å². The number of hydrogen-bond acceptors (Lipinski definition) is 4. The molecule has 0 spiro atoms. The van der Waals surface area contributed by atoms with Crippen LogP contribution in [0.4, 0.5) is 10.1 Å². The Morgan fingerprint density at radius 3 is 2.58 bits per heavy atom. The van der Waals surface area contributed by atoms with E-state index in [-0.39, 0.29) is 35.8 Å². The first-order valence-electron chi connectivity index (χ1n) is 12.1. The molecule has 4 rings (SSSR count). The van der Waals surface area contributed by atoms with Crippen LogP contribution in [0, 0.1) is 11.7 Å². The van der Waals surface area contributed by atoms with E-state index in [1.54, 1.807) is 19.2 Å². The molecule has 9 heteroatoms. The molecule has 1 unspecified atom stereocenters. The number of carbonyl (C=O) groups is 1. The second-order valence-electron chi connectivity index (χ2n) is 9.20. The zero-order chi connectivity index (χ0) is 22.3. The average Bonchev–Trinajstić information content (AvgIpc) is 2.78. The molecule has 33 heavy (non-hydrogen) atoms. The number of piperazine rings is 1. The number of rotatable bonds is 6. The van der Waals surface area contributed by atoms with Gasteiger partial charge < -0.3 is 20.4 Å². The van der Waals surface area contributed by atoms with Gasteiger partial charge in [-0.2, -0.15) is 0 Å². The first-order chi connectivity index (χ1) is 15.6. The smallest absolute Gasteiger partial charge is 0.225 e. The lowest BCUT2D eigenvalue weighted by molar-refractivity contribution is -0.139. The number of aliphatic imine (C=N–C) groups is 1. The van der Waals surface area contributed by atoms with Gasteiger partial charge in [0, 0.05) is 77.1 Å². The molecule has 3 fully saturated rings. The molecular formula is C24H38FIN6O. The second-order valence-corrected chi connectivity index (χ2v) is 9.20. The van der Waals surface area contributed by atoms with E-state index in [1.807, 2.05) is 6.07 Å². The maximum atomic E-state index is 13.6. The van der Waals surface area contributed by atoms with E-state index in [9.17, 15) is 9.18 Å². The van der Waals surface area contributed by atoms with E-state index >= 15 is 0 Å². The Bertz CT molecular complexity index is 797. The van der Waals surface area contributed by atoms with Gasteiger partial charge in [-0.3, -0.25) is 14.7 Å². The van der Waals surface area contributed by atoms with Gasteiger partial charge in [0.15, 0.2) is 5.96 Å². The molecule has 0 radical (unpaired) electrons. The molecule has 7 nitrogen and oxygen atoms in total. The zero-order valence-electron chi connectivity index (χ0n) is 19.6. The lowest BCUT2D eigenvalue weighted by Gasteiger charge is -2.38. The lowest BCUT2D eigenvalue weighted by atomic mass is 9.84. The van der Waals surface area contributed by atoms with Gasteiger partial charge in [0.25, 0.3) is 0 Å². The minimum atomic E-state index is -0.191. The highest BCUT2D eigenvalue weighted by Crippen LogP contribution is 2.28. The van der Waals surface area contributed by atoms with E-state index in [0.717, 1.165) is 89.7 Å². The maximum absolute atomic E-state index is 13.6. The maximum Gasteiger partial charge on any atom is 0.225 e. The van der Waals surface area contributed by atoms with Crippen LogP contribution in [0.1, 0.15) is 32.1 Å². The van der Waals surface area contributed by atoms with Gasteiger partial charge >= 0.3 is 0 Å². The summed E-state index contributed by atoms with van der Waals surface area (Å²) in [6.45, 7) is 7.11. The predicted octanol–water partition coefficient (Wildman–Crippen LogP) is 2.52. The van der Waals surface area contributed by atoms with Crippen molar-refractivity contribution in [3.8, 4) is 0 Å². The van der Waals surface area contributed by atoms with E-state index < -0.39 is 0 Å². The first-order valence-corrected chi connectivity index (χ1v) is 12.1. The molecule has 2 saturated heterocycles. The van der Waals surface area contributed by atoms with Gasteiger partial charge in [-0.25, -0.2) is 4.39 Å². The van der Waals surface area contributed by atoms with Crippen LogP contribution in [0.15, 0.2) is 29.3 Å². The third-order valence-corrected chi connectivity index (χ3v) is 7.02. The van der Waals surface area contributed by atoms with Crippen LogP contribution in [0.5, 0.6) is 0 Å². The van der Waals surface area contributed by atoms with Gasteiger partial charge in [0.2, 0.25) is 5.91 Å². The van der Waals surface area contributed by atoms with Gasteiger partial charge in [0.05, 0.1) is 0 Å². The zero-order valence-corrected chi connectivity index (χ0v) is 22.0. The van der Waals surface area contributed by atoms with Crippen LogP contribution in [0.3, 0.4) is 0 Å². The van der Waals surface area contributed by atoms with Crippen LogP contribution < -0.4 is 15.5 Å². The third-order valence-electron chi connectivity index (χ3n) is 7.02. The molecule has 1 atom stereocenters. The standard InChI is InChI=1S/C24H37FN6O.HI/c1-26-24(28-21-8-4-11-31(18-21)22-9-3-7-20(25)17-22)27-10-12-29-13-15-30(16-14-29)23(32)19-5-2-6-19;/h3,7,9,17,19,21H,2,4-6,8,10-16,18H2,1H3,(H2,26,27,28);1H. The molecule has 0 bridgehead atoms. The van der Waals surface area contributed by atoms with Crippen molar-refractivity contribution in [2.24, 2.45) is 10.9 Å². The Labute approximate surface area is 214 Å². The average molecular weight is 573 g/mol. The fraction of sp³-hybridized carbons (Fsp3) is 0.667. The van der Waals surface area contributed by atoms with Gasteiger partial charge in [-0.1, -0.05) is 12.5 Å². The highest BCUT2D eigenvalue weighted by atomic mass is 127. The Kier molecular flexibility index (Phi) is 10.0. The molecule has 1 aliphatic carbocycles. The number of guanidine groups is 1. The first kappa shape index (κ1) is 26.0. The summed E-state index contributed by atoms with van der Waals surface area (Å²) in [4.78, 5) is 23.5. The summed E-state index contributed by atoms with van der Waals surface area (Å²) in [6, 6.07) is 7.11. The van der Waals surface area contributed by atoms with E-state index in [0.29, 0.717) is 11.8 Å². The Morgan fingerprint density at radius 2 is 1.91 bits per heavy atom. The van der Waals surface area contributed by atoms with Gasteiger partial charge in [-0.15, -0.1) is 24.0 Å². The number of carbonyl (C=O) groups excluding carboxylic acids is 1. The molecule has 1 aromatic rings. The summed E-state index contributed by atoms with van der Waals surface area (Å²) in [5, 5.41) is 6.97. The van der Waals surface area contributed by atoms with E-state index in [2.05, 4.69) is 30.3 Å². The molecule has 0 aromatic heterocycles. The van der Waals surface area contributed by atoms with Crippen molar-refractivity contribution in [1.82, 2.24) is 20.4 Å². The van der Waals surface area contributed by atoms with Crippen molar-refractivity contribution in [3.63, 3.8) is 0 Å². The number of nitrogens with one attached hydrogen (secondary N) is 2. The van der Waals surface area contributed by atoms with Crippen molar-refractivity contribution in [3.05, 3.63) is 30.1 Å². The van der Waals surface area contributed by atoms with Crippen molar-refractivity contribution in [2.45, 2.75) is 38.1 Å². The summed E-state index contributed by atoms with van der Waals surface area (Å²) in [6.07, 6.45) is 5.51. The number of nitrogens with zero attached hydrogens (tertiary/aromatic N) is 4. The molecule has 2 heterocycles. The fourth-order valence-corrected chi connectivity index (χ4v) is 4.83. The number of benzene rings is 1. The third kappa shape index (κ3) is 7.18. The van der Waals surface area contributed by atoms with Crippen molar-refractivity contribution in [1.29, 1.82) is 0 Å². The van der Waals surface area contributed by atoms with E-state index in [1.165, 1.54) is 12.5 Å². The minimum absolute atomic E-state index is 0. The molecular weight excluding hydrogens is 534 g/mol. The second kappa shape index (κ2) is 12.7. The number of anilines is 1. The number of piperidine rings is 1. The minimum Gasteiger partial charge on any atom is -0.369 e. The highest BCUT2D eigenvalue weighted by molar-refractivity contribution is 14.0. The van der Waals surface area contributed by atoms with Gasteiger partial charge in [-0.05, 0) is 43.9 Å². The Balaban J connectivity index is 0.00000306. The topological polar surface area (TPSA) is 63.2 Å². The largest absolute Gasteiger partial charge is 0.369 e. The molecule has 1 aromatic carbocycles. The number of halogens is 2. The number of hydrogen-bond donors (Lipinski definition) is 2. The predicted molar refractivity (Wildman–Crippen MR) is 142 cm³/mol. The summed E-state index contributed by atoms with van der Waals surface area (Å²) >= 11 is 0. The molecule has 3 aliphatic rings. The fourth-order valence-electron chi connectivity index (χ4n) is 4.83. The lowest BCUT2D eigenvalue weighted by Crippen LogP contribution is -2.54. The van der Waals surface area contributed by atoms with Crippen LogP contribution >= 0.6 is 24.0 Å². The summed E-state index contributed by atoms with van der Waals surface area (Å²) in [5.74, 6) is 1.30. The van der Waals surface area contributed by atoms with Crippen molar-refractivity contribution >= 4 is 41.5 Å². The normalized spacial score (nSPS) is 22.4. The van der Waals surface area contributed by atoms with Gasteiger partial charge in [0.1, 0.15) is 5.82 Å². The van der Waals surface area contributed by atoms with Crippen molar-refractivity contribution < 1.29 is 9.18 Å². The van der Waals surface area contributed by atoms with Crippen LogP contribution in [0.2, 0.25) is 0 Å². The number of amides is 1. The van der Waals surface area contributed by atoms with Crippen molar-refractivity contribution in [2.75, 3.05) is 64.3 Å². The summed E-state index contributed by atoms with van der Waals surface area (Å²) in [7, 11) is 1.80. The molecule has 2 aliphatic heterocycles. The SMILES string of the molecule is CN=C(NCCN1CCN(C(=O)C2CCC2)CC1)NC1CCCN(c2cccc(F)c2)C1.I. The van der Waals surface area contributed by atoms with Crippen LogP contribution in [-0.4, -0.2) is 87.1 Å². The van der Waals surface area contributed by atoms with E-state index in [4.69, 9.17) is 0 Å². The molecule has 1 saturated carbocycles. The Morgan fingerprint density at radius 1 is 1.12 bits per heavy atom. The molecule has 1 amide bonds. The Hall–Kier alpha value is -1.62. The summed E-state index contributed by atoms with van der Waals surface area (Å²) in [5.41, 5.74) is 0.939.